The van der Waals surface area contributed by atoms with Crippen molar-refractivity contribution in [3.05, 3.63) is 248 Å². The smallest absolute Gasteiger partial charge is 0.252 e. The summed E-state index contributed by atoms with van der Waals surface area (Å²) in [7, 11) is 0. The molecule has 0 unspecified atom stereocenters. The van der Waals surface area contributed by atoms with Crippen LogP contribution in [0, 0.1) is 6.92 Å². The van der Waals surface area contributed by atoms with Gasteiger partial charge < -0.3 is 9.80 Å². The summed E-state index contributed by atoms with van der Waals surface area (Å²) in [5, 5.41) is 5.86. The normalized spacial score (nSPS) is 12.8. The number of hydrogen-bond donors (Lipinski definition) is 0. The molecule has 4 nitrogen and oxygen atoms in total. The minimum atomic E-state index is -0.0934. The van der Waals surface area contributed by atoms with Crippen molar-refractivity contribution >= 4 is 89.7 Å². The van der Waals surface area contributed by atoms with E-state index in [4.69, 9.17) is 9.97 Å². The molecule has 3 heterocycles. The third-order valence-electron chi connectivity index (χ3n) is 15.3. The number of aromatic nitrogens is 2. The predicted octanol–water partition coefficient (Wildman–Crippen LogP) is 16.3. The fraction of sp³-hybridized carbons (Fsp3) is 0.0725. The number of anilines is 6. The Balaban J connectivity index is 1.08. The van der Waals surface area contributed by atoms with Gasteiger partial charge in [0.1, 0.15) is 0 Å². The molecule has 2 aliphatic rings. The van der Waals surface area contributed by atoms with Gasteiger partial charge in [-0.3, -0.25) is 0 Å². The number of rotatable bonds is 6. The molecule has 350 valence electrons. The van der Waals surface area contributed by atoms with E-state index in [1.54, 1.807) is 0 Å². The van der Waals surface area contributed by atoms with E-state index in [9.17, 15) is 0 Å². The minimum Gasteiger partial charge on any atom is -0.311 e. The lowest BCUT2D eigenvalue weighted by atomic mass is 9.33. The van der Waals surface area contributed by atoms with E-state index in [1.807, 2.05) is 0 Å². The first-order valence-corrected chi connectivity index (χ1v) is 25.7. The van der Waals surface area contributed by atoms with Gasteiger partial charge in [-0.2, -0.15) is 0 Å². The molecular weight excluding hydrogens is 896 g/mol. The largest absolute Gasteiger partial charge is 0.311 e. The zero-order valence-electron chi connectivity index (χ0n) is 41.9. The van der Waals surface area contributed by atoms with Gasteiger partial charge in [0.2, 0.25) is 0 Å². The van der Waals surface area contributed by atoms with Crippen LogP contribution in [0.1, 0.15) is 31.9 Å². The zero-order chi connectivity index (χ0) is 49.7. The summed E-state index contributed by atoms with van der Waals surface area (Å²) in [6.45, 7) is 8.95. The molecule has 5 heteroatoms. The van der Waals surface area contributed by atoms with E-state index in [1.165, 1.54) is 71.3 Å². The van der Waals surface area contributed by atoms with Crippen molar-refractivity contribution in [3.63, 3.8) is 0 Å². The highest BCUT2D eigenvalue weighted by Crippen LogP contribution is 2.48. The Bertz CT molecular complexity index is 3990. The Kier molecular flexibility index (Phi) is 10.1. The lowest BCUT2D eigenvalue weighted by molar-refractivity contribution is 0.590. The number of para-hydroxylation sites is 1. The van der Waals surface area contributed by atoms with Crippen LogP contribution >= 0.6 is 0 Å². The van der Waals surface area contributed by atoms with Crippen LogP contribution in [0.3, 0.4) is 0 Å². The highest BCUT2D eigenvalue weighted by Gasteiger charge is 2.44. The van der Waals surface area contributed by atoms with Crippen LogP contribution < -0.4 is 26.2 Å². The second-order valence-corrected chi connectivity index (χ2v) is 21.1. The maximum Gasteiger partial charge on any atom is 0.252 e. The standard InChI is InChI=1S/C69H51BN4/c1-44-35-53(37-55(36-44)69(2,3)4)67-58-25-15-16-26-61(58)71-68(72-67)54-42-64-66-65(43-54)74(57-33-29-48(30-34-57)46-19-9-6-10-20-46)63-41-52-24-14-12-22-50(52)39-60(63)70(66)59-38-49-21-11-13-23-51(49)40-62(59)73(64)56-31-27-47(28-32-56)45-17-7-5-8-18-45/h5-43H,1-4H3. The maximum absolute atomic E-state index is 5.68. The topological polar surface area (TPSA) is 32.3 Å². The lowest BCUT2D eigenvalue weighted by Crippen LogP contribution is -2.61. The van der Waals surface area contributed by atoms with Crippen LogP contribution in [0.25, 0.3) is 77.3 Å². The summed E-state index contributed by atoms with van der Waals surface area (Å²) in [6.07, 6.45) is 0. The molecule has 2 aliphatic heterocycles. The summed E-state index contributed by atoms with van der Waals surface area (Å²) >= 11 is 0. The second-order valence-electron chi connectivity index (χ2n) is 21.1. The van der Waals surface area contributed by atoms with Crippen LogP contribution in [-0.2, 0) is 5.41 Å². The van der Waals surface area contributed by atoms with E-state index >= 15 is 0 Å². The van der Waals surface area contributed by atoms with Gasteiger partial charge >= 0.3 is 0 Å². The molecule has 0 saturated carbocycles. The molecule has 14 rings (SSSR count). The molecule has 0 radical (unpaired) electrons. The van der Waals surface area contributed by atoms with Gasteiger partial charge in [-0.15, -0.1) is 0 Å². The zero-order valence-corrected chi connectivity index (χ0v) is 41.9. The van der Waals surface area contributed by atoms with Crippen molar-refractivity contribution in [2.45, 2.75) is 33.1 Å². The van der Waals surface area contributed by atoms with Crippen LogP contribution in [-0.4, -0.2) is 16.7 Å². The molecule has 12 aromatic rings. The second kappa shape index (κ2) is 17.0. The van der Waals surface area contributed by atoms with Gasteiger partial charge in [0.05, 0.1) is 11.2 Å². The summed E-state index contributed by atoms with van der Waals surface area (Å²) in [4.78, 5) is 16.2. The lowest BCUT2D eigenvalue weighted by Gasteiger charge is -2.44. The first kappa shape index (κ1) is 43.7. The molecule has 0 bridgehead atoms. The molecule has 0 N–H and O–H groups in total. The van der Waals surface area contributed by atoms with Crippen molar-refractivity contribution < 1.29 is 0 Å². The van der Waals surface area contributed by atoms with Crippen molar-refractivity contribution in [2.75, 3.05) is 9.80 Å². The first-order chi connectivity index (χ1) is 36.2. The Hall–Kier alpha value is -9.06. The van der Waals surface area contributed by atoms with Crippen molar-refractivity contribution in [2.24, 2.45) is 0 Å². The van der Waals surface area contributed by atoms with E-state index in [2.05, 4.69) is 274 Å². The van der Waals surface area contributed by atoms with Gasteiger partial charge in [-0.1, -0.05) is 196 Å². The Labute approximate surface area is 433 Å². The molecule has 0 aliphatic carbocycles. The first-order valence-electron chi connectivity index (χ1n) is 25.7. The highest BCUT2D eigenvalue weighted by molar-refractivity contribution is 7.00. The van der Waals surface area contributed by atoms with Crippen LogP contribution in [0.5, 0.6) is 0 Å². The number of hydrogen-bond acceptors (Lipinski definition) is 4. The Morgan fingerprint density at radius 1 is 0.378 bits per heavy atom. The molecule has 0 saturated heterocycles. The number of benzene rings is 11. The highest BCUT2D eigenvalue weighted by atomic mass is 15.2. The van der Waals surface area contributed by atoms with Crippen molar-refractivity contribution in [1.82, 2.24) is 9.97 Å². The average molecular weight is 947 g/mol. The van der Waals surface area contributed by atoms with Gasteiger partial charge in [-0.05, 0) is 145 Å². The SMILES string of the molecule is Cc1cc(-c2nc(-c3cc4c5c(c3)N(c3ccc(-c6ccccc6)cc3)c3cc6ccccc6cc3B5c3cc5ccccc5cc3N4c3ccc(-c4ccccc4)cc3)nc3ccccc23)cc(C(C)(C)C)c1. The summed E-state index contributed by atoms with van der Waals surface area (Å²) in [5.74, 6) is 0.681. The molecular formula is C69H51BN4. The monoisotopic (exact) mass is 946 g/mol. The summed E-state index contributed by atoms with van der Waals surface area (Å²) < 4.78 is 0. The fourth-order valence-corrected chi connectivity index (χ4v) is 11.7. The predicted molar refractivity (Wildman–Crippen MR) is 314 cm³/mol. The summed E-state index contributed by atoms with van der Waals surface area (Å²) in [5.41, 5.74) is 21.5. The van der Waals surface area contributed by atoms with E-state index in [0.29, 0.717) is 5.82 Å². The third kappa shape index (κ3) is 7.30. The average Bonchev–Trinajstić information content (AvgIpc) is 3.48. The van der Waals surface area contributed by atoms with Gasteiger partial charge in [0.15, 0.2) is 5.82 Å². The maximum atomic E-state index is 5.68. The molecule has 0 amide bonds. The van der Waals surface area contributed by atoms with Gasteiger partial charge in [0, 0.05) is 50.6 Å². The molecule has 0 spiro atoms. The van der Waals surface area contributed by atoms with Crippen molar-refractivity contribution in [1.29, 1.82) is 0 Å². The van der Waals surface area contributed by atoms with E-state index < -0.39 is 0 Å². The van der Waals surface area contributed by atoms with Crippen molar-refractivity contribution in [3.8, 4) is 44.9 Å². The molecule has 11 aromatic carbocycles. The third-order valence-corrected chi connectivity index (χ3v) is 15.3. The van der Waals surface area contributed by atoms with Gasteiger partial charge in [0.25, 0.3) is 6.71 Å². The minimum absolute atomic E-state index is 0.0428. The number of fused-ring (bicyclic) bond motifs is 7. The molecule has 74 heavy (non-hydrogen) atoms. The molecule has 0 fully saturated rings. The number of aryl methyl sites for hydroxylation is 1. The quantitative estimate of drug-likeness (QED) is 0.156. The van der Waals surface area contributed by atoms with Crippen LogP contribution in [0.4, 0.5) is 34.1 Å². The summed E-state index contributed by atoms with van der Waals surface area (Å²) in [6, 6.07) is 87.1. The Morgan fingerprint density at radius 2 is 0.838 bits per heavy atom. The van der Waals surface area contributed by atoms with Crippen LogP contribution in [0.2, 0.25) is 0 Å². The number of nitrogens with zero attached hydrogens (tertiary/aromatic N) is 4. The molecule has 0 atom stereocenters. The van der Waals surface area contributed by atoms with Gasteiger partial charge in [-0.25, -0.2) is 9.97 Å². The molecule has 1 aromatic heterocycles. The fourth-order valence-electron chi connectivity index (χ4n) is 11.7. The van der Waals surface area contributed by atoms with E-state index in [-0.39, 0.29) is 12.1 Å². The van der Waals surface area contributed by atoms with E-state index in [0.717, 1.165) is 61.8 Å². The Morgan fingerprint density at radius 3 is 1.35 bits per heavy atom. The van der Waals surface area contributed by atoms with Crippen LogP contribution in [0.15, 0.2) is 237 Å².